The number of aryl methyl sites for hydroxylation is 1. The maximum atomic E-state index is 3.98. The first kappa shape index (κ1) is 8.20. The molecule has 0 aliphatic heterocycles. The average Bonchev–Trinajstić information content (AvgIpc) is 2.36. The quantitative estimate of drug-likeness (QED) is 0.688. The Labute approximate surface area is 66.6 Å². The largest absolute Gasteiger partial charge is 0.319 e. The highest BCUT2D eigenvalue weighted by Crippen LogP contribution is 2.05. The Balaban J connectivity index is 2.67. The highest BCUT2D eigenvalue weighted by molar-refractivity contribution is 4.91. The average molecular weight is 154 g/mol. The lowest BCUT2D eigenvalue weighted by Gasteiger charge is -2.09. The van der Waals surface area contributed by atoms with Gasteiger partial charge in [-0.1, -0.05) is 6.92 Å². The zero-order valence-corrected chi connectivity index (χ0v) is 7.20. The van der Waals surface area contributed by atoms with Crippen LogP contribution in [0.15, 0.2) is 6.33 Å². The Morgan fingerprint density at radius 2 is 2.45 bits per heavy atom. The van der Waals surface area contributed by atoms with Crippen LogP contribution in [0.3, 0.4) is 0 Å². The molecular formula is C7H14N4. The molecule has 0 spiro atoms. The number of hydrogen-bond donors (Lipinski definition) is 1. The minimum absolute atomic E-state index is 0.285. The fourth-order valence-corrected chi connectivity index (χ4v) is 1.08. The van der Waals surface area contributed by atoms with E-state index in [-0.39, 0.29) is 6.04 Å². The van der Waals surface area contributed by atoms with Crippen molar-refractivity contribution in [3.63, 3.8) is 0 Å². The van der Waals surface area contributed by atoms with Gasteiger partial charge in [-0.3, -0.25) is 0 Å². The molecule has 62 valence electrons. The summed E-state index contributed by atoms with van der Waals surface area (Å²) in [4.78, 5) is 0. The molecule has 1 aromatic rings. The van der Waals surface area contributed by atoms with E-state index >= 15 is 0 Å². The van der Waals surface area contributed by atoms with Crippen molar-refractivity contribution in [2.45, 2.75) is 19.9 Å². The molecule has 1 unspecified atom stereocenters. The summed E-state index contributed by atoms with van der Waals surface area (Å²) in [5, 5.41) is 11.0. The third-order valence-corrected chi connectivity index (χ3v) is 1.64. The Kier molecular flexibility index (Phi) is 2.59. The molecule has 0 saturated heterocycles. The number of hydrogen-bond acceptors (Lipinski definition) is 3. The molecule has 1 aromatic heterocycles. The van der Waals surface area contributed by atoms with Crippen molar-refractivity contribution in [3.8, 4) is 0 Å². The van der Waals surface area contributed by atoms with Crippen LogP contribution in [-0.4, -0.2) is 21.3 Å². The summed E-state index contributed by atoms with van der Waals surface area (Å²) >= 11 is 0. The maximum absolute atomic E-state index is 3.98. The molecule has 0 amide bonds. The van der Waals surface area contributed by atoms with E-state index in [1.807, 2.05) is 11.6 Å². The van der Waals surface area contributed by atoms with E-state index in [1.165, 1.54) is 0 Å². The number of nitrogens with zero attached hydrogens (tertiary/aromatic N) is 3. The summed E-state index contributed by atoms with van der Waals surface area (Å²) in [5.74, 6) is 0.979. The molecule has 0 saturated carbocycles. The van der Waals surface area contributed by atoms with Gasteiger partial charge in [0, 0.05) is 7.05 Å². The van der Waals surface area contributed by atoms with Gasteiger partial charge in [-0.15, -0.1) is 10.2 Å². The van der Waals surface area contributed by atoms with Gasteiger partial charge in [-0.05, 0) is 13.5 Å². The van der Waals surface area contributed by atoms with Crippen LogP contribution in [-0.2, 0) is 7.05 Å². The molecule has 0 radical (unpaired) electrons. The first-order valence-electron chi connectivity index (χ1n) is 3.83. The van der Waals surface area contributed by atoms with Gasteiger partial charge in [0.15, 0.2) is 0 Å². The van der Waals surface area contributed by atoms with Crippen molar-refractivity contribution in [2.24, 2.45) is 7.05 Å². The Morgan fingerprint density at radius 1 is 1.73 bits per heavy atom. The van der Waals surface area contributed by atoms with Crippen molar-refractivity contribution in [3.05, 3.63) is 12.2 Å². The van der Waals surface area contributed by atoms with E-state index in [9.17, 15) is 0 Å². The molecule has 0 aliphatic rings. The molecule has 0 aromatic carbocycles. The Bertz CT molecular complexity index is 218. The third-order valence-electron chi connectivity index (χ3n) is 1.64. The standard InChI is InChI=1S/C7H14N4/c1-4-8-6(2)7-10-9-5-11(7)3/h5-6,8H,4H2,1-3H3. The van der Waals surface area contributed by atoms with Crippen LogP contribution in [0.25, 0.3) is 0 Å². The topological polar surface area (TPSA) is 42.7 Å². The van der Waals surface area contributed by atoms with Crippen LogP contribution in [0, 0.1) is 0 Å². The third kappa shape index (κ3) is 1.77. The van der Waals surface area contributed by atoms with Crippen LogP contribution >= 0.6 is 0 Å². The predicted molar refractivity (Wildman–Crippen MR) is 43.1 cm³/mol. The van der Waals surface area contributed by atoms with Crippen molar-refractivity contribution >= 4 is 0 Å². The zero-order valence-electron chi connectivity index (χ0n) is 7.20. The van der Waals surface area contributed by atoms with Gasteiger partial charge in [0.25, 0.3) is 0 Å². The molecule has 1 rings (SSSR count). The van der Waals surface area contributed by atoms with E-state index in [2.05, 4.69) is 29.4 Å². The maximum Gasteiger partial charge on any atom is 0.149 e. The van der Waals surface area contributed by atoms with Crippen molar-refractivity contribution < 1.29 is 0 Å². The Hall–Kier alpha value is -0.900. The summed E-state index contributed by atoms with van der Waals surface area (Å²) < 4.78 is 1.92. The number of aromatic nitrogens is 3. The van der Waals surface area contributed by atoms with E-state index in [0.717, 1.165) is 12.4 Å². The van der Waals surface area contributed by atoms with Crippen LogP contribution in [0.5, 0.6) is 0 Å². The summed E-state index contributed by atoms with van der Waals surface area (Å²) in [5.41, 5.74) is 0. The lowest BCUT2D eigenvalue weighted by atomic mass is 10.3. The predicted octanol–water partition coefficient (Wildman–Crippen LogP) is 0.486. The molecule has 1 heterocycles. The van der Waals surface area contributed by atoms with Gasteiger partial charge < -0.3 is 9.88 Å². The SMILES string of the molecule is CCNC(C)c1nncn1C. The lowest BCUT2D eigenvalue weighted by Crippen LogP contribution is -2.20. The summed E-state index contributed by atoms with van der Waals surface area (Å²) in [6.45, 7) is 5.11. The second-order valence-electron chi connectivity index (χ2n) is 2.58. The molecule has 4 nitrogen and oxygen atoms in total. The fraction of sp³-hybridized carbons (Fsp3) is 0.714. The second-order valence-corrected chi connectivity index (χ2v) is 2.58. The van der Waals surface area contributed by atoms with Gasteiger partial charge in [0.2, 0.25) is 0 Å². The second kappa shape index (κ2) is 3.48. The van der Waals surface area contributed by atoms with E-state index in [1.54, 1.807) is 6.33 Å². The smallest absolute Gasteiger partial charge is 0.149 e. The van der Waals surface area contributed by atoms with E-state index in [4.69, 9.17) is 0 Å². The van der Waals surface area contributed by atoms with Crippen molar-refractivity contribution in [1.82, 2.24) is 20.1 Å². The molecule has 0 aliphatic carbocycles. The van der Waals surface area contributed by atoms with Gasteiger partial charge in [0.1, 0.15) is 12.2 Å². The minimum atomic E-state index is 0.285. The fourth-order valence-electron chi connectivity index (χ4n) is 1.08. The highest BCUT2D eigenvalue weighted by atomic mass is 15.3. The molecule has 1 atom stereocenters. The van der Waals surface area contributed by atoms with Crippen LogP contribution < -0.4 is 5.32 Å². The van der Waals surface area contributed by atoms with Crippen LogP contribution in [0.2, 0.25) is 0 Å². The molecular weight excluding hydrogens is 140 g/mol. The molecule has 1 N–H and O–H groups in total. The van der Waals surface area contributed by atoms with E-state index < -0.39 is 0 Å². The van der Waals surface area contributed by atoms with Gasteiger partial charge in [-0.2, -0.15) is 0 Å². The summed E-state index contributed by atoms with van der Waals surface area (Å²) in [6, 6.07) is 0.285. The molecule has 0 fully saturated rings. The summed E-state index contributed by atoms with van der Waals surface area (Å²) in [6.07, 6.45) is 1.71. The normalized spacial score (nSPS) is 13.4. The zero-order chi connectivity index (χ0) is 8.27. The summed E-state index contributed by atoms with van der Waals surface area (Å²) in [7, 11) is 1.95. The van der Waals surface area contributed by atoms with Crippen molar-refractivity contribution in [2.75, 3.05) is 6.54 Å². The monoisotopic (exact) mass is 154 g/mol. The minimum Gasteiger partial charge on any atom is -0.319 e. The van der Waals surface area contributed by atoms with Crippen LogP contribution in [0.4, 0.5) is 0 Å². The van der Waals surface area contributed by atoms with Gasteiger partial charge in [-0.25, -0.2) is 0 Å². The van der Waals surface area contributed by atoms with Gasteiger partial charge in [0.05, 0.1) is 6.04 Å². The molecule has 4 heteroatoms. The highest BCUT2D eigenvalue weighted by Gasteiger charge is 2.08. The number of nitrogens with one attached hydrogen (secondary N) is 1. The first-order chi connectivity index (χ1) is 5.25. The van der Waals surface area contributed by atoms with E-state index in [0.29, 0.717) is 0 Å². The van der Waals surface area contributed by atoms with Gasteiger partial charge >= 0.3 is 0 Å². The molecule has 0 bridgehead atoms. The van der Waals surface area contributed by atoms with Crippen LogP contribution in [0.1, 0.15) is 25.7 Å². The first-order valence-corrected chi connectivity index (χ1v) is 3.83. The molecule has 11 heavy (non-hydrogen) atoms. The Morgan fingerprint density at radius 3 is 2.91 bits per heavy atom. The lowest BCUT2D eigenvalue weighted by molar-refractivity contribution is 0.546. The number of rotatable bonds is 3. The van der Waals surface area contributed by atoms with Crippen molar-refractivity contribution in [1.29, 1.82) is 0 Å².